The molecule has 2 aliphatic heterocycles. The van der Waals surface area contributed by atoms with E-state index in [2.05, 4.69) is 4.90 Å². The van der Waals surface area contributed by atoms with Gasteiger partial charge in [-0.15, -0.1) is 0 Å². The Morgan fingerprint density at radius 3 is 3.00 bits per heavy atom. The number of hydrogen-bond acceptors (Lipinski definition) is 3. The summed E-state index contributed by atoms with van der Waals surface area (Å²) in [5.74, 6) is 0.615. The van der Waals surface area contributed by atoms with Crippen molar-refractivity contribution < 1.29 is 9.53 Å². The minimum absolute atomic E-state index is 0.0240. The Labute approximate surface area is 124 Å². The summed E-state index contributed by atoms with van der Waals surface area (Å²) in [6.45, 7) is 3.74. The van der Waals surface area contributed by atoms with Crippen LogP contribution in [0.2, 0.25) is 5.02 Å². The maximum atomic E-state index is 12.7. The van der Waals surface area contributed by atoms with Gasteiger partial charge in [-0.1, -0.05) is 11.6 Å². The first-order chi connectivity index (χ1) is 9.69. The van der Waals surface area contributed by atoms with Crippen LogP contribution in [0.3, 0.4) is 0 Å². The summed E-state index contributed by atoms with van der Waals surface area (Å²) < 4.78 is 5.28. The number of halogens is 1. The molecule has 2 aliphatic rings. The van der Waals surface area contributed by atoms with E-state index >= 15 is 0 Å². The minimum atomic E-state index is 0.0240. The Morgan fingerprint density at radius 1 is 1.35 bits per heavy atom. The zero-order valence-corrected chi connectivity index (χ0v) is 12.4. The van der Waals surface area contributed by atoms with E-state index < -0.39 is 0 Å². The molecule has 0 bridgehead atoms. The number of ether oxygens (including phenoxy) is 1. The molecule has 4 nitrogen and oxygen atoms in total. The molecule has 2 fully saturated rings. The second kappa shape index (κ2) is 5.62. The van der Waals surface area contributed by atoms with E-state index in [-0.39, 0.29) is 5.91 Å². The number of hydrogen-bond donors (Lipinski definition) is 0. The molecule has 0 radical (unpaired) electrons. The summed E-state index contributed by atoms with van der Waals surface area (Å²) in [7, 11) is 1.58. The summed E-state index contributed by atoms with van der Waals surface area (Å²) in [4.78, 5) is 17.1. The van der Waals surface area contributed by atoms with Crippen LogP contribution in [0.1, 0.15) is 23.2 Å². The lowest BCUT2D eigenvalue weighted by Crippen LogP contribution is -2.52. The van der Waals surface area contributed by atoms with Crippen molar-refractivity contribution in [3.8, 4) is 5.75 Å². The highest BCUT2D eigenvalue weighted by atomic mass is 35.5. The molecule has 108 valence electrons. The molecule has 1 atom stereocenters. The van der Waals surface area contributed by atoms with E-state index in [9.17, 15) is 4.79 Å². The molecule has 0 aromatic heterocycles. The Kier molecular flexibility index (Phi) is 3.85. The van der Waals surface area contributed by atoms with E-state index in [0.29, 0.717) is 22.4 Å². The van der Waals surface area contributed by atoms with Crippen molar-refractivity contribution in [1.29, 1.82) is 0 Å². The molecular weight excluding hydrogens is 276 g/mol. The Morgan fingerprint density at radius 2 is 2.20 bits per heavy atom. The molecule has 0 spiro atoms. The van der Waals surface area contributed by atoms with Gasteiger partial charge in [0.1, 0.15) is 5.75 Å². The monoisotopic (exact) mass is 294 g/mol. The first-order valence-corrected chi connectivity index (χ1v) is 7.43. The predicted octanol–water partition coefficient (Wildman–Crippen LogP) is 2.27. The lowest BCUT2D eigenvalue weighted by Gasteiger charge is -2.37. The summed E-state index contributed by atoms with van der Waals surface area (Å²) in [6, 6.07) is 5.72. The van der Waals surface area contributed by atoms with Crippen molar-refractivity contribution in [1.82, 2.24) is 9.80 Å². The van der Waals surface area contributed by atoms with Gasteiger partial charge in [0.15, 0.2) is 0 Å². The second-order valence-corrected chi connectivity index (χ2v) is 5.86. The molecule has 2 heterocycles. The fourth-order valence-corrected chi connectivity index (χ4v) is 3.37. The normalized spacial score (nSPS) is 22.7. The third-order valence-electron chi connectivity index (χ3n) is 4.27. The highest BCUT2D eigenvalue weighted by Crippen LogP contribution is 2.27. The molecule has 5 heteroatoms. The Balaban J connectivity index is 1.80. The van der Waals surface area contributed by atoms with Crippen LogP contribution in [0, 0.1) is 0 Å². The number of piperazine rings is 1. The van der Waals surface area contributed by atoms with Gasteiger partial charge < -0.3 is 9.64 Å². The summed E-state index contributed by atoms with van der Waals surface area (Å²) in [5, 5.41) is 0.564. The third-order valence-corrected chi connectivity index (χ3v) is 4.50. The zero-order chi connectivity index (χ0) is 14.1. The molecule has 2 saturated heterocycles. The molecule has 1 amide bonds. The smallest absolute Gasteiger partial charge is 0.257 e. The number of fused-ring (bicyclic) bond motifs is 1. The van der Waals surface area contributed by atoms with E-state index in [1.54, 1.807) is 25.3 Å². The van der Waals surface area contributed by atoms with E-state index in [0.717, 1.165) is 19.6 Å². The second-order valence-electron chi connectivity index (χ2n) is 5.43. The van der Waals surface area contributed by atoms with Crippen LogP contribution in [0.15, 0.2) is 18.2 Å². The average molecular weight is 295 g/mol. The lowest BCUT2D eigenvalue weighted by atomic mass is 10.1. The Bertz CT molecular complexity index is 521. The van der Waals surface area contributed by atoms with Crippen molar-refractivity contribution in [2.24, 2.45) is 0 Å². The summed E-state index contributed by atoms with van der Waals surface area (Å²) >= 11 is 6.01. The van der Waals surface area contributed by atoms with Gasteiger partial charge in [-0.05, 0) is 37.6 Å². The quantitative estimate of drug-likeness (QED) is 0.839. The van der Waals surface area contributed by atoms with E-state index in [4.69, 9.17) is 16.3 Å². The number of carbonyl (C=O) groups excluding carboxylic acids is 1. The maximum Gasteiger partial charge on any atom is 0.257 e. The summed E-state index contributed by atoms with van der Waals surface area (Å²) in [6.07, 6.45) is 2.43. The van der Waals surface area contributed by atoms with Gasteiger partial charge in [0.2, 0.25) is 0 Å². The topological polar surface area (TPSA) is 32.8 Å². The van der Waals surface area contributed by atoms with Crippen LogP contribution in [0.5, 0.6) is 5.75 Å². The fraction of sp³-hybridized carbons (Fsp3) is 0.533. The summed E-state index contributed by atoms with van der Waals surface area (Å²) in [5.41, 5.74) is 0.562. The van der Waals surface area contributed by atoms with Crippen LogP contribution >= 0.6 is 11.6 Å². The molecule has 3 rings (SSSR count). The fourth-order valence-electron chi connectivity index (χ4n) is 3.19. The van der Waals surface area contributed by atoms with Gasteiger partial charge >= 0.3 is 0 Å². The van der Waals surface area contributed by atoms with Crippen molar-refractivity contribution in [3.63, 3.8) is 0 Å². The van der Waals surface area contributed by atoms with Gasteiger partial charge in [0, 0.05) is 30.7 Å². The first kappa shape index (κ1) is 13.7. The van der Waals surface area contributed by atoms with Crippen LogP contribution in [0.4, 0.5) is 0 Å². The largest absolute Gasteiger partial charge is 0.496 e. The number of benzene rings is 1. The van der Waals surface area contributed by atoms with Gasteiger partial charge in [0.25, 0.3) is 5.91 Å². The number of carbonyl (C=O) groups is 1. The first-order valence-electron chi connectivity index (χ1n) is 7.06. The van der Waals surface area contributed by atoms with Crippen LogP contribution in [0.25, 0.3) is 0 Å². The van der Waals surface area contributed by atoms with Crippen LogP contribution in [-0.2, 0) is 0 Å². The SMILES string of the molecule is COc1ccc(Cl)cc1C(=O)N1CCN2CCCC2C1. The Hall–Kier alpha value is -1.26. The van der Waals surface area contributed by atoms with Gasteiger partial charge in [-0.25, -0.2) is 0 Å². The van der Waals surface area contributed by atoms with Crippen molar-refractivity contribution >= 4 is 17.5 Å². The maximum absolute atomic E-state index is 12.7. The van der Waals surface area contributed by atoms with Crippen LogP contribution < -0.4 is 4.74 Å². The molecule has 20 heavy (non-hydrogen) atoms. The zero-order valence-electron chi connectivity index (χ0n) is 11.6. The molecule has 0 N–H and O–H groups in total. The minimum Gasteiger partial charge on any atom is -0.496 e. The van der Waals surface area contributed by atoms with Crippen molar-refractivity contribution in [2.45, 2.75) is 18.9 Å². The number of amides is 1. The average Bonchev–Trinajstić information content (AvgIpc) is 2.93. The van der Waals surface area contributed by atoms with Crippen LogP contribution in [-0.4, -0.2) is 55.0 Å². The van der Waals surface area contributed by atoms with E-state index in [1.807, 2.05) is 4.90 Å². The van der Waals surface area contributed by atoms with E-state index in [1.165, 1.54) is 19.4 Å². The highest BCUT2D eigenvalue weighted by molar-refractivity contribution is 6.31. The number of nitrogens with zero attached hydrogens (tertiary/aromatic N) is 2. The van der Waals surface area contributed by atoms with Crippen molar-refractivity contribution in [3.05, 3.63) is 28.8 Å². The number of methoxy groups -OCH3 is 1. The van der Waals surface area contributed by atoms with Gasteiger partial charge in [0.05, 0.1) is 12.7 Å². The third kappa shape index (κ3) is 2.50. The molecule has 1 unspecified atom stereocenters. The molecule has 1 aromatic rings. The molecule has 0 saturated carbocycles. The van der Waals surface area contributed by atoms with Gasteiger partial charge in [-0.3, -0.25) is 9.69 Å². The number of rotatable bonds is 2. The predicted molar refractivity (Wildman–Crippen MR) is 78.5 cm³/mol. The van der Waals surface area contributed by atoms with Gasteiger partial charge in [-0.2, -0.15) is 0 Å². The molecular formula is C15H19ClN2O2. The standard InChI is InChI=1S/C15H19ClN2O2/c1-20-14-5-4-11(16)9-13(14)15(19)18-8-7-17-6-2-3-12(17)10-18/h4-5,9,12H,2-3,6-8,10H2,1H3. The lowest BCUT2D eigenvalue weighted by molar-refractivity contribution is 0.0568. The molecule has 0 aliphatic carbocycles. The highest BCUT2D eigenvalue weighted by Gasteiger charge is 2.33. The van der Waals surface area contributed by atoms with Crippen molar-refractivity contribution in [2.75, 3.05) is 33.3 Å². The molecule has 1 aromatic carbocycles.